The van der Waals surface area contributed by atoms with Gasteiger partial charge in [0, 0.05) is 25.2 Å². The molecule has 2 aromatic heterocycles. The fraction of sp³-hybridized carbons (Fsp3) is 0.450. The molecule has 0 radical (unpaired) electrons. The summed E-state index contributed by atoms with van der Waals surface area (Å²) < 4.78 is 26.6. The van der Waals surface area contributed by atoms with Gasteiger partial charge in [-0.3, -0.25) is 4.57 Å². The molecule has 0 amide bonds. The van der Waals surface area contributed by atoms with Crippen LogP contribution in [0.5, 0.6) is 0 Å². The summed E-state index contributed by atoms with van der Waals surface area (Å²) in [5, 5.41) is 9.71. The van der Waals surface area contributed by atoms with Crippen LogP contribution in [0, 0.1) is 11.7 Å². The molecule has 1 aliphatic heterocycles. The van der Waals surface area contributed by atoms with Crippen LogP contribution in [0.25, 0.3) is 11.3 Å². The molecule has 1 saturated heterocycles. The molecule has 0 atom stereocenters. The predicted molar refractivity (Wildman–Crippen MR) is 109 cm³/mol. The smallest absolute Gasteiger partial charge is 0.228 e. The minimum atomic E-state index is -0.274. The molecule has 154 valence electrons. The summed E-state index contributed by atoms with van der Waals surface area (Å²) in [5.74, 6) is 2.85. The van der Waals surface area contributed by atoms with Gasteiger partial charge in [0.1, 0.15) is 5.82 Å². The van der Waals surface area contributed by atoms with Gasteiger partial charge in [-0.25, -0.2) is 9.37 Å². The Morgan fingerprint density at radius 3 is 2.62 bits per heavy atom. The van der Waals surface area contributed by atoms with E-state index in [1.54, 1.807) is 30.1 Å². The lowest BCUT2D eigenvalue weighted by molar-refractivity contribution is 0.121. The quantitative estimate of drug-likeness (QED) is 0.541. The summed E-state index contributed by atoms with van der Waals surface area (Å²) in [6, 6.07) is 6.18. The van der Waals surface area contributed by atoms with Crippen LogP contribution in [0.1, 0.15) is 19.7 Å². The number of benzene rings is 1. The summed E-state index contributed by atoms with van der Waals surface area (Å²) in [5.41, 5.74) is 0.799. The SMILES string of the molecule is CC(C)Cn1c(SCc2ncc(-c3ccc(F)cc3)o2)nnc1N1CCOCC1. The Bertz CT molecular complexity index is 935. The van der Waals surface area contributed by atoms with Crippen molar-refractivity contribution < 1.29 is 13.5 Å². The monoisotopic (exact) mass is 417 g/mol. The van der Waals surface area contributed by atoms with Crippen molar-refractivity contribution in [2.75, 3.05) is 31.2 Å². The van der Waals surface area contributed by atoms with Crippen molar-refractivity contribution in [1.29, 1.82) is 0 Å². The van der Waals surface area contributed by atoms with Crippen molar-refractivity contribution in [2.45, 2.75) is 31.3 Å². The van der Waals surface area contributed by atoms with Gasteiger partial charge in [-0.2, -0.15) is 0 Å². The van der Waals surface area contributed by atoms with E-state index in [1.807, 2.05) is 0 Å². The normalized spacial score (nSPS) is 14.7. The van der Waals surface area contributed by atoms with Crippen molar-refractivity contribution >= 4 is 17.7 Å². The molecular formula is C20H24FN5O2S. The summed E-state index contributed by atoms with van der Waals surface area (Å²) in [6.07, 6.45) is 1.67. The van der Waals surface area contributed by atoms with Crippen molar-refractivity contribution in [2.24, 2.45) is 5.92 Å². The van der Waals surface area contributed by atoms with Gasteiger partial charge >= 0.3 is 0 Å². The van der Waals surface area contributed by atoms with Gasteiger partial charge in [0.2, 0.25) is 11.8 Å². The summed E-state index contributed by atoms with van der Waals surface area (Å²) in [7, 11) is 0. The summed E-state index contributed by atoms with van der Waals surface area (Å²) in [6.45, 7) is 8.26. The highest BCUT2D eigenvalue weighted by Crippen LogP contribution is 2.28. The van der Waals surface area contributed by atoms with Gasteiger partial charge in [0.15, 0.2) is 10.9 Å². The number of ether oxygens (including phenoxy) is 1. The molecule has 1 fully saturated rings. The molecule has 4 rings (SSSR count). The number of anilines is 1. The minimum Gasteiger partial charge on any atom is -0.440 e. The van der Waals surface area contributed by atoms with E-state index in [1.165, 1.54) is 12.1 Å². The first-order chi connectivity index (χ1) is 14.1. The number of morpholine rings is 1. The van der Waals surface area contributed by atoms with E-state index in [2.05, 4.69) is 38.5 Å². The number of halogens is 1. The summed E-state index contributed by atoms with van der Waals surface area (Å²) >= 11 is 1.55. The molecule has 3 aromatic rings. The van der Waals surface area contributed by atoms with Crippen LogP contribution < -0.4 is 4.90 Å². The number of oxazole rings is 1. The van der Waals surface area contributed by atoms with Gasteiger partial charge in [-0.05, 0) is 30.2 Å². The molecule has 0 spiro atoms. The zero-order chi connectivity index (χ0) is 20.2. The standard InChI is InChI=1S/C20H24FN5O2S/c1-14(2)12-26-19(25-7-9-27-10-8-25)23-24-20(26)29-13-18-22-11-17(28-18)15-3-5-16(21)6-4-15/h3-6,11,14H,7-10,12-13H2,1-2H3. The number of nitrogens with zero attached hydrogens (tertiary/aromatic N) is 5. The first kappa shape index (κ1) is 19.9. The van der Waals surface area contributed by atoms with E-state index in [9.17, 15) is 4.39 Å². The molecule has 0 N–H and O–H groups in total. The molecule has 0 saturated carbocycles. The Balaban J connectivity index is 1.48. The highest BCUT2D eigenvalue weighted by molar-refractivity contribution is 7.98. The third kappa shape index (κ3) is 4.79. The lowest BCUT2D eigenvalue weighted by Crippen LogP contribution is -2.38. The maximum absolute atomic E-state index is 13.1. The van der Waals surface area contributed by atoms with E-state index in [4.69, 9.17) is 9.15 Å². The van der Waals surface area contributed by atoms with E-state index in [-0.39, 0.29) is 5.82 Å². The van der Waals surface area contributed by atoms with Crippen molar-refractivity contribution in [3.63, 3.8) is 0 Å². The Morgan fingerprint density at radius 1 is 1.14 bits per heavy atom. The fourth-order valence-corrected chi connectivity index (χ4v) is 3.96. The zero-order valence-electron chi connectivity index (χ0n) is 16.5. The van der Waals surface area contributed by atoms with Gasteiger partial charge in [0.05, 0.1) is 25.2 Å². The number of rotatable bonds is 7. The maximum Gasteiger partial charge on any atom is 0.228 e. The molecule has 0 aliphatic carbocycles. The minimum absolute atomic E-state index is 0.274. The van der Waals surface area contributed by atoms with E-state index in [0.717, 1.165) is 36.3 Å². The number of aromatic nitrogens is 4. The maximum atomic E-state index is 13.1. The molecule has 1 aromatic carbocycles. The molecular weight excluding hydrogens is 393 g/mol. The second kappa shape index (κ2) is 8.96. The molecule has 0 unspecified atom stereocenters. The van der Waals surface area contributed by atoms with Gasteiger partial charge in [-0.15, -0.1) is 10.2 Å². The zero-order valence-corrected chi connectivity index (χ0v) is 17.4. The van der Waals surface area contributed by atoms with Crippen LogP contribution in [-0.2, 0) is 17.0 Å². The topological polar surface area (TPSA) is 69.2 Å². The Morgan fingerprint density at radius 2 is 1.90 bits per heavy atom. The third-order valence-corrected chi connectivity index (χ3v) is 5.50. The van der Waals surface area contributed by atoms with E-state index in [0.29, 0.717) is 36.5 Å². The molecule has 3 heterocycles. The highest BCUT2D eigenvalue weighted by Gasteiger charge is 2.21. The molecule has 9 heteroatoms. The fourth-order valence-electron chi connectivity index (χ4n) is 3.16. The largest absolute Gasteiger partial charge is 0.440 e. The van der Waals surface area contributed by atoms with Crippen LogP contribution in [-0.4, -0.2) is 46.1 Å². The second-order valence-corrected chi connectivity index (χ2v) is 8.24. The average molecular weight is 418 g/mol. The predicted octanol–water partition coefficient (Wildman–Crippen LogP) is 3.86. The number of hydrogen-bond acceptors (Lipinski definition) is 7. The van der Waals surface area contributed by atoms with Crippen LogP contribution in [0.2, 0.25) is 0 Å². The first-order valence-electron chi connectivity index (χ1n) is 9.69. The first-order valence-corrected chi connectivity index (χ1v) is 10.7. The molecule has 1 aliphatic rings. The van der Waals surface area contributed by atoms with E-state index < -0.39 is 0 Å². The van der Waals surface area contributed by atoms with Crippen LogP contribution in [0.3, 0.4) is 0 Å². The van der Waals surface area contributed by atoms with Gasteiger partial charge in [0.25, 0.3) is 0 Å². The molecule has 0 bridgehead atoms. The third-order valence-electron chi connectivity index (χ3n) is 4.55. The van der Waals surface area contributed by atoms with Crippen molar-refractivity contribution in [3.05, 3.63) is 42.2 Å². The Kier molecular flexibility index (Phi) is 6.15. The van der Waals surface area contributed by atoms with Gasteiger partial charge in [-0.1, -0.05) is 25.6 Å². The second-order valence-electron chi connectivity index (χ2n) is 7.30. The number of hydrogen-bond donors (Lipinski definition) is 0. The van der Waals surface area contributed by atoms with Crippen LogP contribution in [0.4, 0.5) is 10.3 Å². The van der Waals surface area contributed by atoms with Crippen LogP contribution in [0.15, 0.2) is 40.0 Å². The van der Waals surface area contributed by atoms with E-state index >= 15 is 0 Å². The summed E-state index contributed by atoms with van der Waals surface area (Å²) in [4.78, 5) is 6.57. The molecule has 29 heavy (non-hydrogen) atoms. The lowest BCUT2D eigenvalue weighted by atomic mass is 10.2. The average Bonchev–Trinajstić information content (AvgIpc) is 3.34. The van der Waals surface area contributed by atoms with Crippen molar-refractivity contribution in [3.8, 4) is 11.3 Å². The lowest BCUT2D eigenvalue weighted by Gasteiger charge is -2.28. The Hall–Kier alpha value is -2.39. The highest BCUT2D eigenvalue weighted by atomic mass is 32.2. The van der Waals surface area contributed by atoms with Crippen molar-refractivity contribution in [1.82, 2.24) is 19.7 Å². The number of thioether (sulfide) groups is 1. The van der Waals surface area contributed by atoms with Crippen LogP contribution >= 0.6 is 11.8 Å². The molecule has 7 nitrogen and oxygen atoms in total. The van der Waals surface area contributed by atoms with Gasteiger partial charge < -0.3 is 14.1 Å². The Labute approximate surface area is 173 Å².